The fraction of sp³-hybridized carbons (Fsp3) is 0.167. The van der Waals surface area contributed by atoms with Crippen LogP contribution in [0.4, 0.5) is 0 Å². The van der Waals surface area contributed by atoms with Crippen molar-refractivity contribution in [3.8, 4) is 0 Å². The van der Waals surface area contributed by atoms with Crippen molar-refractivity contribution < 1.29 is 0 Å². The molecule has 0 aliphatic heterocycles. The zero-order chi connectivity index (χ0) is 9.68. The van der Waals surface area contributed by atoms with Crippen LogP contribution in [-0.2, 0) is 6.42 Å². The van der Waals surface area contributed by atoms with E-state index in [2.05, 4.69) is 37.8 Å². The normalized spacial score (nSPS) is 10.5. The highest BCUT2D eigenvalue weighted by atomic mass is 14.5. The fourth-order valence-electron chi connectivity index (χ4n) is 1.07. The lowest BCUT2D eigenvalue weighted by atomic mass is 10.1. The number of nitrogens with two attached hydrogens (primary N) is 1. The van der Waals surface area contributed by atoms with Gasteiger partial charge in [-0.15, -0.1) is 0 Å². The Bertz CT molecular complexity index is 306. The van der Waals surface area contributed by atoms with Gasteiger partial charge < -0.3 is 5.73 Å². The van der Waals surface area contributed by atoms with Crippen LogP contribution in [0.3, 0.4) is 0 Å². The number of allylic oxidation sites excluding steroid dienone is 1. The molecule has 68 valence electrons. The molecule has 0 radical (unpaired) electrons. The van der Waals surface area contributed by atoms with Gasteiger partial charge in [0.2, 0.25) is 0 Å². The summed E-state index contributed by atoms with van der Waals surface area (Å²) >= 11 is 0. The van der Waals surface area contributed by atoms with Gasteiger partial charge in [0.1, 0.15) is 0 Å². The maximum absolute atomic E-state index is 5.42. The predicted molar refractivity (Wildman–Crippen MR) is 58.2 cm³/mol. The van der Waals surface area contributed by atoms with E-state index >= 15 is 0 Å². The molecule has 0 spiro atoms. The molecule has 1 nitrogen and oxygen atoms in total. The van der Waals surface area contributed by atoms with E-state index in [1.165, 1.54) is 5.56 Å². The lowest BCUT2D eigenvalue weighted by molar-refractivity contribution is 1.14. The maximum atomic E-state index is 5.42. The summed E-state index contributed by atoms with van der Waals surface area (Å²) in [6.07, 6.45) is 4.84. The van der Waals surface area contributed by atoms with Crippen LogP contribution in [0.25, 0.3) is 6.08 Å². The summed E-state index contributed by atoms with van der Waals surface area (Å²) in [5.74, 6) is 0. The SMILES string of the molecule is C=C(N)/C=C\c1ccc(CC)cc1. The van der Waals surface area contributed by atoms with Gasteiger partial charge in [-0.05, 0) is 23.6 Å². The van der Waals surface area contributed by atoms with Crippen molar-refractivity contribution in [3.63, 3.8) is 0 Å². The monoisotopic (exact) mass is 173 g/mol. The zero-order valence-corrected chi connectivity index (χ0v) is 7.96. The van der Waals surface area contributed by atoms with Crippen LogP contribution in [-0.4, -0.2) is 0 Å². The van der Waals surface area contributed by atoms with Crippen LogP contribution in [0.2, 0.25) is 0 Å². The molecule has 0 heterocycles. The molecule has 1 aromatic rings. The van der Waals surface area contributed by atoms with E-state index in [1.54, 1.807) is 6.08 Å². The lowest BCUT2D eigenvalue weighted by Gasteiger charge is -1.96. The van der Waals surface area contributed by atoms with E-state index in [0.717, 1.165) is 12.0 Å². The second-order valence-electron chi connectivity index (χ2n) is 3.00. The first kappa shape index (κ1) is 9.59. The Morgan fingerprint density at radius 2 is 2.00 bits per heavy atom. The van der Waals surface area contributed by atoms with Gasteiger partial charge in [-0.1, -0.05) is 43.8 Å². The summed E-state index contributed by atoms with van der Waals surface area (Å²) < 4.78 is 0. The quantitative estimate of drug-likeness (QED) is 0.699. The Labute approximate surface area is 79.6 Å². The molecule has 1 rings (SSSR count). The van der Waals surface area contributed by atoms with Crippen molar-refractivity contribution in [2.45, 2.75) is 13.3 Å². The Hall–Kier alpha value is -1.50. The van der Waals surface area contributed by atoms with E-state index in [-0.39, 0.29) is 0 Å². The van der Waals surface area contributed by atoms with E-state index in [0.29, 0.717) is 5.70 Å². The Kier molecular flexibility index (Phi) is 3.32. The second kappa shape index (κ2) is 4.51. The van der Waals surface area contributed by atoms with Crippen LogP contribution in [0.1, 0.15) is 18.1 Å². The molecule has 1 aromatic carbocycles. The van der Waals surface area contributed by atoms with Crippen LogP contribution in [0.15, 0.2) is 42.6 Å². The molecule has 0 atom stereocenters. The van der Waals surface area contributed by atoms with Gasteiger partial charge in [-0.2, -0.15) is 0 Å². The standard InChI is InChI=1S/C12H15N/c1-3-11-6-8-12(9-7-11)5-4-10(2)13/h4-9H,2-3,13H2,1H3/b5-4-. The molecule has 0 aromatic heterocycles. The molecule has 0 bridgehead atoms. The van der Waals surface area contributed by atoms with Crippen molar-refractivity contribution in [2.24, 2.45) is 5.73 Å². The lowest BCUT2D eigenvalue weighted by Crippen LogP contribution is -1.88. The minimum atomic E-state index is 0.583. The average Bonchev–Trinajstić information content (AvgIpc) is 2.15. The average molecular weight is 173 g/mol. The molecule has 1 heteroatoms. The van der Waals surface area contributed by atoms with Crippen LogP contribution >= 0.6 is 0 Å². The van der Waals surface area contributed by atoms with E-state index < -0.39 is 0 Å². The Morgan fingerprint density at radius 3 is 2.46 bits per heavy atom. The molecule has 2 N–H and O–H groups in total. The molecule has 0 amide bonds. The first-order chi connectivity index (χ1) is 6.22. The van der Waals surface area contributed by atoms with Crippen molar-refractivity contribution in [1.29, 1.82) is 0 Å². The highest BCUT2D eigenvalue weighted by molar-refractivity contribution is 5.52. The largest absolute Gasteiger partial charge is 0.399 e. The number of hydrogen-bond acceptors (Lipinski definition) is 1. The number of rotatable bonds is 3. The molecule has 13 heavy (non-hydrogen) atoms. The second-order valence-corrected chi connectivity index (χ2v) is 3.00. The summed E-state index contributed by atoms with van der Waals surface area (Å²) in [6, 6.07) is 8.41. The van der Waals surface area contributed by atoms with Crippen LogP contribution < -0.4 is 5.73 Å². The van der Waals surface area contributed by atoms with Crippen molar-refractivity contribution >= 4 is 6.08 Å². The summed E-state index contributed by atoms with van der Waals surface area (Å²) in [7, 11) is 0. The minimum absolute atomic E-state index is 0.583. The Balaban J connectivity index is 2.75. The first-order valence-electron chi connectivity index (χ1n) is 4.43. The highest BCUT2D eigenvalue weighted by Crippen LogP contribution is 2.06. The third-order valence-electron chi connectivity index (χ3n) is 1.88. The molecule has 0 saturated carbocycles. The van der Waals surface area contributed by atoms with Crippen LogP contribution in [0, 0.1) is 0 Å². The van der Waals surface area contributed by atoms with Gasteiger partial charge in [0.25, 0.3) is 0 Å². The molecule has 0 saturated heterocycles. The molecule has 0 unspecified atom stereocenters. The molecule has 0 aliphatic carbocycles. The summed E-state index contributed by atoms with van der Waals surface area (Å²) in [5.41, 5.74) is 8.50. The zero-order valence-electron chi connectivity index (χ0n) is 7.96. The van der Waals surface area contributed by atoms with Gasteiger partial charge >= 0.3 is 0 Å². The van der Waals surface area contributed by atoms with Gasteiger partial charge in [0, 0.05) is 5.70 Å². The fourth-order valence-corrected chi connectivity index (χ4v) is 1.07. The first-order valence-corrected chi connectivity index (χ1v) is 4.43. The third kappa shape index (κ3) is 3.16. The molecular weight excluding hydrogens is 158 g/mol. The van der Waals surface area contributed by atoms with Gasteiger partial charge in [0.15, 0.2) is 0 Å². The minimum Gasteiger partial charge on any atom is -0.399 e. The number of benzene rings is 1. The highest BCUT2D eigenvalue weighted by Gasteiger charge is 1.88. The molecular formula is C12H15N. The van der Waals surface area contributed by atoms with Crippen molar-refractivity contribution in [2.75, 3.05) is 0 Å². The third-order valence-corrected chi connectivity index (χ3v) is 1.88. The number of aryl methyl sites for hydroxylation is 1. The smallest absolute Gasteiger partial charge is 0.0241 e. The van der Waals surface area contributed by atoms with Gasteiger partial charge in [-0.3, -0.25) is 0 Å². The summed E-state index contributed by atoms with van der Waals surface area (Å²) in [4.78, 5) is 0. The molecule has 0 aliphatic rings. The van der Waals surface area contributed by atoms with Crippen LogP contribution in [0.5, 0.6) is 0 Å². The Morgan fingerprint density at radius 1 is 1.38 bits per heavy atom. The summed E-state index contributed by atoms with van der Waals surface area (Å²) in [5, 5.41) is 0. The van der Waals surface area contributed by atoms with Gasteiger partial charge in [0.05, 0.1) is 0 Å². The van der Waals surface area contributed by atoms with E-state index in [4.69, 9.17) is 5.73 Å². The van der Waals surface area contributed by atoms with E-state index in [9.17, 15) is 0 Å². The predicted octanol–water partition coefficient (Wildman–Crippen LogP) is 2.73. The van der Waals surface area contributed by atoms with Crippen molar-refractivity contribution in [1.82, 2.24) is 0 Å². The molecule has 0 fully saturated rings. The van der Waals surface area contributed by atoms with E-state index in [1.807, 2.05) is 6.08 Å². The van der Waals surface area contributed by atoms with Crippen molar-refractivity contribution in [3.05, 3.63) is 53.7 Å². The summed E-state index contributed by atoms with van der Waals surface area (Å²) in [6.45, 7) is 5.74. The number of hydrogen-bond donors (Lipinski definition) is 1. The maximum Gasteiger partial charge on any atom is 0.0241 e. The topological polar surface area (TPSA) is 26.0 Å². The van der Waals surface area contributed by atoms with Gasteiger partial charge in [-0.25, -0.2) is 0 Å².